The van der Waals surface area contributed by atoms with Crippen LogP contribution in [-0.2, 0) is 4.79 Å². The number of aliphatic hydroxyl groups is 1. The summed E-state index contributed by atoms with van der Waals surface area (Å²) in [5, 5.41) is 21.6. The van der Waals surface area contributed by atoms with E-state index in [1.54, 1.807) is 29.6 Å². The number of carbonyl (C=O) groups is 2. The van der Waals surface area contributed by atoms with Gasteiger partial charge in [-0.3, -0.25) is 14.5 Å². The number of amides is 1. The molecular weight excluding hydrogens is 386 g/mol. The van der Waals surface area contributed by atoms with Crippen LogP contribution in [0.3, 0.4) is 0 Å². The van der Waals surface area contributed by atoms with Crippen molar-refractivity contribution in [2.45, 2.75) is 25.8 Å². The van der Waals surface area contributed by atoms with E-state index >= 15 is 0 Å². The van der Waals surface area contributed by atoms with Gasteiger partial charge in [0.2, 0.25) is 10.9 Å². The van der Waals surface area contributed by atoms with Crippen molar-refractivity contribution in [2.24, 2.45) is 0 Å². The Hall–Kier alpha value is -2.78. The van der Waals surface area contributed by atoms with Gasteiger partial charge in [-0.15, -0.1) is 21.5 Å². The van der Waals surface area contributed by atoms with Crippen LogP contribution in [0.1, 0.15) is 46.2 Å². The summed E-state index contributed by atoms with van der Waals surface area (Å²) in [5.41, 5.74) is -0.0151. The Bertz CT molecular complexity index is 1020. The van der Waals surface area contributed by atoms with E-state index in [4.69, 9.17) is 4.42 Å². The number of nitrogens with zero attached hydrogens (tertiary/aromatic N) is 3. The van der Waals surface area contributed by atoms with Crippen LogP contribution in [0.25, 0.3) is 0 Å². The number of aliphatic hydroxyl groups excluding tert-OH is 1. The maximum Gasteiger partial charge on any atom is 0.296 e. The molecule has 1 unspecified atom stereocenters. The van der Waals surface area contributed by atoms with Crippen molar-refractivity contribution in [1.82, 2.24) is 10.2 Å². The zero-order valence-corrected chi connectivity index (χ0v) is 16.1. The van der Waals surface area contributed by atoms with Crippen LogP contribution in [-0.4, -0.2) is 27.0 Å². The van der Waals surface area contributed by atoms with E-state index in [1.165, 1.54) is 33.8 Å². The number of Topliss-reactive ketones (excluding diaryl/α,β-unsaturated/α-hetero) is 1. The summed E-state index contributed by atoms with van der Waals surface area (Å²) >= 11 is 2.50. The summed E-state index contributed by atoms with van der Waals surface area (Å²) in [4.78, 5) is 27.6. The van der Waals surface area contributed by atoms with Gasteiger partial charge in [0.1, 0.15) is 16.8 Å². The second kappa shape index (κ2) is 6.75. The van der Waals surface area contributed by atoms with Gasteiger partial charge in [-0.25, -0.2) is 0 Å². The van der Waals surface area contributed by atoms with Crippen molar-refractivity contribution in [2.75, 3.05) is 4.90 Å². The standard InChI is InChI=1S/C18H15N3O4S2/c1-9(2)16-19-20-18(27-16)21-13(10-5-3-7-25-10)12(15(23)17(21)24)14(22)11-6-4-8-26-11/h3-9,13,23H,1-2H3. The van der Waals surface area contributed by atoms with Crippen LogP contribution >= 0.6 is 22.7 Å². The largest absolute Gasteiger partial charge is 0.503 e. The second-order valence-corrected chi connectivity index (χ2v) is 8.17. The highest BCUT2D eigenvalue weighted by Crippen LogP contribution is 2.43. The molecular formula is C18H15N3O4S2. The average Bonchev–Trinajstić information content (AvgIpc) is 3.43. The fourth-order valence-corrected chi connectivity index (χ4v) is 4.40. The number of hydrogen-bond acceptors (Lipinski definition) is 8. The topological polar surface area (TPSA) is 96.5 Å². The normalized spacial score (nSPS) is 17.4. The van der Waals surface area contributed by atoms with E-state index < -0.39 is 23.5 Å². The number of anilines is 1. The Morgan fingerprint density at radius 1 is 1.30 bits per heavy atom. The summed E-state index contributed by atoms with van der Waals surface area (Å²) in [6.07, 6.45) is 1.46. The third kappa shape index (κ3) is 2.88. The minimum absolute atomic E-state index is 0.0151. The lowest BCUT2D eigenvalue weighted by Gasteiger charge is -2.21. The lowest BCUT2D eigenvalue weighted by molar-refractivity contribution is -0.117. The van der Waals surface area contributed by atoms with Crippen LogP contribution in [0.4, 0.5) is 5.13 Å². The first-order chi connectivity index (χ1) is 13.0. The van der Waals surface area contributed by atoms with Crippen molar-refractivity contribution >= 4 is 39.5 Å². The number of hydrogen-bond donors (Lipinski definition) is 1. The van der Waals surface area contributed by atoms with E-state index in [2.05, 4.69) is 10.2 Å². The third-order valence-electron chi connectivity index (χ3n) is 4.14. The van der Waals surface area contributed by atoms with Crippen molar-refractivity contribution in [3.63, 3.8) is 0 Å². The lowest BCUT2D eigenvalue weighted by Crippen LogP contribution is -2.30. The van der Waals surface area contributed by atoms with Gasteiger partial charge in [0.25, 0.3) is 5.91 Å². The molecule has 0 fully saturated rings. The third-order valence-corrected chi connectivity index (χ3v) is 6.23. The molecule has 1 aliphatic rings. The van der Waals surface area contributed by atoms with Crippen LogP contribution in [0.5, 0.6) is 0 Å². The lowest BCUT2D eigenvalue weighted by atomic mass is 10.0. The van der Waals surface area contributed by atoms with Gasteiger partial charge in [-0.2, -0.15) is 0 Å². The van der Waals surface area contributed by atoms with Crippen molar-refractivity contribution in [3.05, 3.63) is 62.9 Å². The van der Waals surface area contributed by atoms with Gasteiger partial charge in [-0.1, -0.05) is 31.3 Å². The first kappa shape index (κ1) is 17.6. The van der Waals surface area contributed by atoms with Crippen LogP contribution < -0.4 is 4.90 Å². The van der Waals surface area contributed by atoms with Gasteiger partial charge in [0.15, 0.2) is 5.76 Å². The molecule has 0 spiro atoms. The van der Waals surface area contributed by atoms with Crippen molar-refractivity contribution in [3.8, 4) is 0 Å². The number of ketones is 1. The van der Waals surface area contributed by atoms with E-state index in [0.29, 0.717) is 15.8 Å². The molecule has 1 N–H and O–H groups in total. The Kier molecular flexibility index (Phi) is 4.40. The second-order valence-electron chi connectivity index (χ2n) is 6.24. The summed E-state index contributed by atoms with van der Waals surface area (Å²) in [5.74, 6) is -1.18. The average molecular weight is 401 g/mol. The maximum absolute atomic E-state index is 13.0. The van der Waals surface area contributed by atoms with Gasteiger partial charge >= 0.3 is 0 Å². The molecule has 9 heteroatoms. The number of carbonyl (C=O) groups excluding carboxylic acids is 2. The van der Waals surface area contributed by atoms with E-state index in [9.17, 15) is 14.7 Å². The van der Waals surface area contributed by atoms with E-state index in [1.807, 2.05) is 13.8 Å². The Labute approximate surface area is 162 Å². The SMILES string of the molecule is CC(C)c1nnc(N2C(=O)C(O)=C(C(=O)c3cccs3)C2c2ccco2)s1. The first-order valence-electron chi connectivity index (χ1n) is 8.20. The molecule has 4 heterocycles. The first-order valence-corrected chi connectivity index (χ1v) is 9.90. The molecule has 1 aliphatic heterocycles. The Morgan fingerprint density at radius 3 is 2.70 bits per heavy atom. The molecule has 138 valence electrons. The minimum atomic E-state index is -0.893. The van der Waals surface area contributed by atoms with Crippen LogP contribution in [0.15, 0.2) is 51.7 Å². The fraction of sp³-hybridized carbons (Fsp3) is 0.222. The fourth-order valence-electron chi connectivity index (χ4n) is 2.85. The predicted octanol–water partition coefficient (Wildman–Crippen LogP) is 4.10. The molecule has 3 aromatic heterocycles. The molecule has 1 atom stereocenters. The monoisotopic (exact) mass is 401 g/mol. The molecule has 0 saturated carbocycles. The molecule has 3 aromatic rings. The minimum Gasteiger partial charge on any atom is -0.503 e. The summed E-state index contributed by atoms with van der Waals surface area (Å²) < 4.78 is 5.49. The zero-order chi connectivity index (χ0) is 19.1. The number of thiophene rings is 1. The Morgan fingerprint density at radius 2 is 2.11 bits per heavy atom. The number of furan rings is 1. The van der Waals surface area contributed by atoms with Gasteiger partial charge in [0.05, 0.1) is 16.7 Å². The zero-order valence-electron chi connectivity index (χ0n) is 14.4. The highest BCUT2D eigenvalue weighted by atomic mass is 32.1. The Balaban J connectivity index is 1.83. The molecule has 0 bridgehead atoms. The van der Waals surface area contributed by atoms with Gasteiger partial charge < -0.3 is 9.52 Å². The summed E-state index contributed by atoms with van der Waals surface area (Å²) in [6, 6.07) is 5.83. The molecule has 0 radical (unpaired) electrons. The van der Waals surface area contributed by atoms with Gasteiger partial charge in [0, 0.05) is 5.92 Å². The predicted molar refractivity (Wildman–Crippen MR) is 101 cm³/mol. The summed E-state index contributed by atoms with van der Waals surface area (Å²) in [7, 11) is 0. The smallest absolute Gasteiger partial charge is 0.296 e. The quantitative estimate of drug-likeness (QED) is 0.647. The van der Waals surface area contributed by atoms with E-state index in [-0.39, 0.29) is 11.5 Å². The van der Waals surface area contributed by atoms with Gasteiger partial charge in [-0.05, 0) is 23.6 Å². The molecule has 1 amide bonds. The molecule has 0 aliphatic carbocycles. The van der Waals surface area contributed by atoms with E-state index in [0.717, 1.165) is 5.01 Å². The number of rotatable bonds is 5. The molecule has 27 heavy (non-hydrogen) atoms. The van der Waals surface area contributed by atoms with Crippen LogP contribution in [0, 0.1) is 0 Å². The molecule has 0 aromatic carbocycles. The highest BCUT2D eigenvalue weighted by molar-refractivity contribution is 7.15. The summed E-state index contributed by atoms with van der Waals surface area (Å²) in [6.45, 7) is 3.95. The number of aromatic nitrogens is 2. The maximum atomic E-state index is 13.0. The molecule has 4 rings (SSSR count). The molecule has 7 nitrogen and oxygen atoms in total. The van der Waals surface area contributed by atoms with Crippen molar-refractivity contribution < 1.29 is 19.1 Å². The van der Waals surface area contributed by atoms with Crippen molar-refractivity contribution in [1.29, 1.82) is 0 Å². The van der Waals surface area contributed by atoms with Crippen LogP contribution in [0.2, 0.25) is 0 Å². The molecule has 0 saturated heterocycles. The highest BCUT2D eigenvalue weighted by Gasteiger charge is 2.47.